The molecule has 0 aromatic carbocycles. The maximum atomic E-state index is 13.1. The second kappa shape index (κ2) is 7.11. The Balaban J connectivity index is 1.44. The van der Waals surface area contributed by atoms with Crippen LogP contribution in [0.1, 0.15) is 46.3 Å². The Labute approximate surface area is 167 Å². The number of amides is 1. The number of carbonyl (C=O) groups is 1. The lowest BCUT2D eigenvalue weighted by atomic mass is 9.97. The molecule has 0 spiro atoms. The average Bonchev–Trinajstić information content (AvgIpc) is 3.30. The van der Waals surface area contributed by atoms with Gasteiger partial charge in [-0.25, -0.2) is 9.67 Å². The minimum absolute atomic E-state index is 0.133. The van der Waals surface area contributed by atoms with E-state index in [0.717, 1.165) is 42.6 Å². The lowest BCUT2D eigenvalue weighted by molar-refractivity contribution is 0.0918. The fourth-order valence-corrected chi connectivity index (χ4v) is 4.36. The smallest absolute Gasteiger partial charge is 0.270 e. The van der Waals surface area contributed by atoms with Crippen LogP contribution < -0.4 is 10.9 Å². The van der Waals surface area contributed by atoms with Crippen molar-refractivity contribution in [3.8, 4) is 0 Å². The molecule has 1 aliphatic heterocycles. The number of ether oxygens (including phenoxy) is 1. The highest BCUT2D eigenvalue weighted by atomic mass is 16.5. The molecule has 150 valence electrons. The highest BCUT2D eigenvalue weighted by Gasteiger charge is 2.34. The topological polar surface area (TPSA) is 90.5 Å². The number of nitrogens with one attached hydrogen (secondary N) is 1. The molecule has 5 rings (SSSR count). The standard InChI is InChI=1S/C21H23N5O3/c1-13-20(25-9-5-4-8-18(25)22-13)21(28)23-16-11-29-12-17(16)26-19(27)10-14-6-2-3-7-15(14)24-26/h4-5,8-10,16-17H,2-3,6-7,11-12H2,1H3,(H,23,28). The molecule has 0 radical (unpaired) electrons. The van der Waals surface area contributed by atoms with Crippen LogP contribution in [0.3, 0.4) is 0 Å². The zero-order chi connectivity index (χ0) is 20.0. The summed E-state index contributed by atoms with van der Waals surface area (Å²) in [4.78, 5) is 30.2. The van der Waals surface area contributed by atoms with Crippen molar-refractivity contribution in [2.24, 2.45) is 0 Å². The number of imidazole rings is 1. The van der Waals surface area contributed by atoms with E-state index in [-0.39, 0.29) is 23.6 Å². The van der Waals surface area contributed by atoms with Crippen molar-refractivity contribution in [1.29, 1.82) is 0 Å². The molecule has 1 saturated heterocycles. The molecular weight excluding hydrogens is 370 g/mol. The van der Waals surface area contributed by atoms with Gasteiger partial charge in [0.25, 0.3) is 11.5 Å². The molecule has 3 aromatic rings. The summed E-state index contributed by atoms with van der Waals surface area (Å²) in [6, 6.07) is 6.66. The Kier molecular flexibility index (Phi) is 4.43. The van der Waals surface area contributed by atoms with E-state index >= 15 is 0 Å². The molecule has 2 aliphatic rings. The fraction of sp³-hybridized carbons (Fsp3) is 0.429. The quantitative estimate of drug-likeness (QED) is 0.727. The van der Waals surface area contributed by atoms with E-state index in [4.69, 9.17) is 4.74 Å². The van der Waals surface area contributed by atoms with Crippen LogP contribution in [0.2, 0.25) is 0 Å². The van der Waals surface area contributed by atoms with Crippen molar-refractivity contribution < 1.29 is 9.53 Å². The maximum Gasteiger partial charge on any atom is 0.270 e. The Morgan fingerprint density at radius 1 is 1.24 bits per heavy atom. The normalized spacial score (nSPS) is 21.3. The highest BCUT2D eigenvalue weighted by molar-refractivity contribution is 5.94. The number of carbonyl (C=O) groups excluding carboxylic acids is 1. The van der Waals surface area contributed by atoms with Crippen molar-refractivity contribution in [1.82, 2.24) is 24.5 Å². The highest BCUT2D eigenvalue weighted by Crippen LogP contribution is 2.22. The number of aromatic nitrogens is 4. The van der Waals surface area contributed by atoms with E-state index in [0.29, 0.717) is 24.6 Å². The van der Waals surface area contributed by atoms with Gasteiger partial charge in [0.05, 0.1) is 30.6 Å². The SMILES string of the molecule is Cc1nc2ccccn2c1C(=O)NC1COCC1n1nc2c(cc1=O)CCCC2. The summed E-state index contributed by atoms with van der Waals surface area (Å²) in [6.07, 6.45) is 5.81. The number of hydrogen-bond acceptors (Lipinski definition) is 5. The minimum Gasteiger partial charge on any atom is -0.377 e. The second-order valence-electron chi connectivity index (χ2n) is 7.77. The molecule has 8 nitrogen and oxygen atoms in total. The molecular formula is C21H23N5O3. The summed E-state index contributed by atoms with van der Waals surface area (Å²) < 4.78 is 8.90. The van der Waals surface area contributed by atoms with Gasteiger partial charge in [-0.2, -0.15) is 5.10 Å². The lowest BCUT2D eigenvalue weighted by Crippen LogP contribution is -2.44. The Morgan fingerprint density at radius 3 is 3.00 bits per heavy atom. The molecule has 1 amide bonds. The maximum absolute atomic E-state index is 13.1. The van der Waals surface area contributed by atoms with Gasteiger partial charge in [-0.05, 0) is 50.3 Å². The third-order valence-corrected chi connectivity index (χ3v) is 5.83. The van der Waals surface area contributed by atoms with Crippen LogP contribution in [0.4, 0.5) is 0 Å². The van der Waals surface area contributed by atoms with Crippen LogP contribution in [-0.4, -0.2) is 44.3 Å². The molecule has 8 heteroatoms. The van der Waals surface area contributed by atoms with Crippen molar-refractivity contribution >= 4 is 11.6 Å². The first-order valence-corrected chi connectivity index (χ1v) is 10.1. The van der Waals surface area contributed by atoms with Gasteiger partial charge in [0.1, 0.15) is 17.4 Å². The van der Waals surface area contributed by atoms with Gasteiger partial charge in [-0.3, -0.25) is 14.0 Å². The predicted molar refractivity (Wildman–Crippen MR) is 106 cm³/mol. The number of aryl methyl sites for hydroxylation is 3. The van der Waals surface area contributed by atoms with Gasteiger partial charge in [0, 0.05) is 12.3 Å². The van der Waals surface area contributed by atoms with Gasteiger partial charge in [-0.15, -0.1) is 0 Å². The van der Waals surface area contributed by atoms with Crippen LogP contribution >= 0.6 is 0 Å². The zero-order valence-electron chi connectivity index (χ0n) is 16.3. The Bertz CT molecular complexity index is 1150. The number of nitrogens with zero attached hydrogens (tertiary/aromatic N) is 4. The monoisotopic (exact) mass is 393 g/mol. The summed E-state index contributed by atoms with van der Waals surface area (Å²) in [5.41, 5.74) is 3.79. The summed E-state index contributed by atoms with van der Waals surface area (Å²) in [5.74, 6) is -0.229. The molecule has 29 heavy (non-hydrogen) atoms. The average molecular weight is 393 g/mol. The van der Waals surface area contributed by atoms with Gasteiger partial charge in [0.2, 0.25) is 0 Å². The first-order chi connectivity index (χ1) is 14.1. The first kappa shape index (κ1) is 18.1. The molecule has 2 atom stereocenters. The van der Waals surface area contributed by atoms with Crippen molar-refractivity contribution in [2.75, 3.05) is 13.2 Å². The predicted octanol–water partition coefficient (Wildman–Crippen LogP) is 1.45. The van der Waals surface area contributed by atoms with Crippen molar-refractivity contribution in [2.45, 2.75) is 44.7 Å². The van der Waals surface area contributed by atoms with E-state index < -0.39 is 0 Å². The molecule has 3 aromatic heterocycles. The first-order valence-electron chi connectivity index (χ1n) is 10.1. The molecule has 0 bridgehead atoms. The Hall–Kier alpha value is -3.00. The summed E-state index contributed by atoms with van der Waals surface area (Å²) in [6.45, 7) is 2.51. The molecule has 1 fully saturated rings. The van der Waals surface area contributed by atoms with E-state index in [1.807, 2.05) is 31.3 Å². The van der Waals surface area contributed by atoms with Crippen molar-refractivity contribution in [3.63, 3.8) is 0 Å². The van der Waals surface area contributed by atoms with E-state index in [1.165, 1.54) is 4.68 Å². The van der Waals surface area contributed by atoms with Gasteiger partial charge >= 0.3 is 0 Å². The molecule has 0 saturated carbocycles. The van der Waals surface area contributed by atoms with E-state index in [1.54, 1.807) is 10.5 Å². The van der Waals surface area contributed by atoms with Gasteiger partial charge in [-0.1, -0.05) is 6.07 Å². The van der Waals surface area contributed by atoms with E-state index in [9.17, 15) is 9.59 Å². The number of fused-ring (bicyclic) bond motifs is 2. The lowest BCUT2D eigenvalue weighted by Gasteiger charge is -2.23. The third-order valence-electron chi connectivity index (χ3n) is 5.83. The zero-order valence-corrected chi connectivity index (χ0v) is 16.3. The van der Waals surface area contributed by atoms with Crippen LogP contribution in [-0.2, 0) is 17.6 Å². The number of pyridine rings is 1. The van der Waals surface area contributed by atoms with Crippen LogP contribution in [0.25, 0.3) is 5.65 Å². The van der Waals surface area contributed by atoms with E-state index in [2.05, 4.69) is 15.4 Å². The molecule has 1 N–H and O–H groups in total. The van der Waals surface area contributed by atoms with Gasteiger partial charge < -0.3 is 10.1 Å². The Morgan fingerprint density at radius 2 is 2.10 bits per heavy atom. The summed E-state index contributed by atoms with van der Waals surface area (Å²) >= 11 is 0. The molecule has 2 unspecified atom stereocenters. The van der Waals surface area contributed by atoms with Gasteiger partial charge in [0.15, 0.2) is 0 Å². The summed E-state index contributed by atoms with van der Waals surface area (Å²) in [7, 11) is 0. The second-order valence-corrected chi connectivity index (χ2v) is 7.77. The van der Waals surface area contributed by atoms with Crippen molar-refractivity contribution in [3.05, 3.63) is 63.5 Å². The summed E-state index contributed by atoms with van der Waals surface area (Å²) in [5, 5.41) is 7.68. The van der Waals surface area contributed by atoms with Crippen LogP contribution in [0.15, 0.2) is 35.3 Å². The number of hydrogen-bond donors (Lipinski definition) is 1. The third kappa shape index (κ3) is 3.13. The minimum atomic E-state index is -0.331. The van der Waals surface area contributed by atoms with Crippen LogP contribution in [0.5, 0.6) is 0 Å². The van der Waals surface area contributed by atoms with Crippen LogP contribution in [0, 0.1) is 6.92 Å². The fourth-order valence-electron chi connectivity index (χ4n) is 4.36. The number of rotatable bonds is 3. The molecule has 4 heterocycles. The largest absolute Gasteiger partial charge is 0.377 e. The molecule has 1 aliphatic carbocycles.